The summed E-state index contributed by atoms with van der Waals surface area (Å²) in [7, 11) is 1.49. The van der Waals surface area contributed by atoms with E-state index in [4.69, 9.17) is 9.47 Å². The van der Waals surface area contributed by atoms with Gasteiger partial charge in [0, 0.05) is 34.1 Å². The van der Waals surface area contributed by atoms with Crippen LogP contribution in [0.4, 0.5) is 0 Å². The summed E-state index contributed by atoms with van der Waals surface area (Å²) >= 11 is 1.51. The number of rotatable bonds is 7. The minimum atomic E-state index is -0.137. The van der Waals surface area contributed by atoms with Crippen LogP contribution in [0.3, 0.4) is 0 Å². The van der Waals surface area contributed by atoms with E-state index in [0.717, 1.165) is 22.8 Å². The SMILES string of the molecule is COc1cc(C=O)ccc1OCC(=O)c1cc(C)n(-c2nccs2)c1C. The molecule has 0 saturated heterocycles. The van der Waals surface area contributed by atoms with Gasteiger partial charge in [0.15, 0.2) is 23.2 Å². The van der Waals surface area contributed by atoms with Crippen LogP contribution in [0.15, 0.2) is 35.8 Å². The van der Waals surface area contributed by atoms with E-state index in [2.05, 4.69) is 4.98 Å². The molecule has 0 amide bonds. The van der Waals surface area contributed by atoms with E-state index in [1.165, 1.54) is 18.4 Å². The zero-order valence-corrected chi connectivity index (χ0v) is 15.5. The molecule has 26 heavy (non-hydrogen) atoms. The molecule has 0 aliphatic heterocycles. The lowest BCUT2D eigenvalue weighted by atomic mass is 10.1. The molecule has 0 aliphatic rings. The van der Waals surface area contributed by atoms with E-state index in [0.29, 0.717) is 22.6 Å². The Labute approximate surface area is 155 Å². The van der Waals surface area contributed by atoms with Gasteiger partial charge in [-0.25, -0.2) is 4.98 Å². The van der Waals surface area contributed by atoms with Crippen molar-refractivity contribution < 1.29 is 19.1 Å². The van der Waals surface area contributed by atoms with Crippen molar-refractivity contribution in [1.29, 1.82) is 0 Å². The molecule has 2 aromatic heterocycles. The largest absolute Gasteiger partial charge is 0.493 e. The quantitative estimate of drug-likeness (QED) is 0.469. The number of ketones is 1. The fourth-order valence-corrected chi connectivity index (χ4v) is 3.52. The normalized spacial score (nSPS) is 10.6. The second-order valence-corrected chi connectivity index (χ2v) is 6.55. The highest BCUT2D eigenvalue weighted by molar-refractivity contribution is 7.12. The van der Waals surface area contributed by atoms with Gasteiger partial charge in [-0.2, -0.15) is 0 Å². The number of thiazole rings is 1. The minimum absolute atomic E-state index is 0.126. The molecule has 3 rings (SSSR count). The Morgan fingerprint density at radius 1 is 1.27 bits per heavy atom. The first-order valence-electron chi connectivity index (χ1n) is 7.93. The van der Waals surface area contributed by atoms with Crippen LogP contribution in [0.2, 0.25) is 0 Å². The third-order valence-corrected chi connectivity index (χ3v) is 4.78. The standard InChI is InChI=1S/C19H18N2O4S/c1-12-8-15(13(2)21(12)19-20-6-7-26-19)16(23)11-25-17-5-4-14(10-22)9-18(17)24-3/h4-10H,11H2,1-3H3. The van der Waals surface area contributed by atoms with Gasteiger partial charge < -0.3 is 9.47 Å². The summed E-state index contributed by atoms with van der Waals surface area (Å²) in [6, 6.07) is 6.65. The second kappa shape index (κ2) is 7.53. The van der Waals surface area contributed by atoms with Crippen molar-refractivity contribution in [1.82, 2.24) is 9.55 Å². The summed E-state index contributed by atoms with van der Waals surface area (Å²) in [5.41, 5.74) is 2.84. The summed E-state index contributed by atoms with van der Waals surface area (Å²) in [4.78, 5) is 27.8. The van der Waals surface area contributed by atoms with Gasteiger partial charge in [0.2, 0.25) is 5.78 Å². The number of aldehydes is 1. The summed E-state index contributed by atoms with van der Waals surface area (Å²) < 4.78 is 12.8. The molecule has 0 atom stereocenters. The first-order chi connectivity index (χ1) is 12.5. The molecule has 0 aliphatic carbocycles. The van der Waals surface area contributed by atoms with Crippen molar-refractivity contribution in [2.24, 2.45) is 0 Å². The number of hydrogen-bond donors (Lipinski definition) is 0. The Balaban J connectivity index is 1.79. The zero-order valence-electron chi connectivity index (χ0n) is 14.7. The summed E-state index contributed by atoms with van der Waals surface area (Å²) in [6.45, 7) is 3.70. The second-order valence-electron chi connectivity index (χ2n) is 5.67. The first-order valence-corrected chi connectivity index (χ1v) is 8.81. The van der Waals surface area contributed by atoms with Crippen LogP contribution in [0.1, 0.15) is 32.1 Å². The van der Waals surface area contributed by atoms with E-state index < -0.39 is 0 Å². The lowest BCUT2D eigenvalue weighted by Gasteiger charge is -2.10. The number of aryl methyl sites for hydroxylation is 1. The topological polar surface area (TPSA) is 70.4 Å². The lowest BCUT2D eigenvalue weighted by molar-refractivity contribution is 0.0918. The average Bonchev–Trinajstić information content (AvgIpc) is 3.27. The van der Waals surface area contributed by atoms with Crippen molar-refractivity contribution >= 4 is 23.4 Å². The smallest absolute Gasteiger partial charge is 0.202 e. The lowest BCUT2D eigenvalue weighted by Crippen LogP contribution is -2.13. The fourth-order valence-electron chi connectivity index (χ4n) is 2.76. The van der Waals surface area contributed by atoms with Crippen LogP contribution in [0.25, 0.3) is 5.13 Å². The van der Waals surface area contributed by atoms with Crippen LogP contribution in [-0.2, 0) is 0 Å². The molecule has 0 unspecified atom stereocenters. The molecule has 0 radical (unpaired) electrons. The van der Waals surface area contributed by atoms with Gasteiger partial charge in [0.1, 0.15) is 6.29 Å². The minimum Gasteiger partial charge on any atom is -0.493 e. The van der Waals surface area contributed by atoms with Crippen molar-refractivity contribution in [3.8, 4) is 16.6 Å². The third-order valence-electron chi connectivity index (χ3n) is 4.02. The van der Waals surface area contributed by atoms with Gasteiger partial charge in [-0.15, -0.1) is 11.3 Å². The molecule has 0 N–H and O–H groups in total. The summed E-state index contributed by atoms with van der Waals surface area (Å²) in [6.07, 6.45) is 2.46. The maximum Gasteiger partial charge on any atom is 0.202 e. The zero-order chi connectivity index (χ0) is 18.7. The molecule has 134 valence electrons. The number of carbonyl (C=O) groups excluding carboxylic acids is 2. The van der Waals surface area contributed by atoms with Crippen LogP contribution in [0, 0.1) is 13.8 Å². The average molecular weight is 370 g/mol. The van der Waals surface area contributed by atoms with Crippen LogP contribution >= 0.6 is 11.3 Å². The molecule has 1 aromatic carbocycles. The molecule has 0 fully saturated rings. The maximum atomic E-state index is 12.6. The van der Waals surface area contributed by atoms with Gasteiger partial charge in [-0.05, 0) is 38.1 Å². The Morgan fingerprint density at radius 2 is 2.08 bits per heavy atom. The van der Waals surface area contributed by atoms with Gasteiger partial charge in [-0.3, -0.25) is 14.2 Å². The first kappa shape index (κ1) is 17.9. The number of ether oxygens (including phenoxy) is 2. The Kier molecular flexibility index (Phi) is 5.18. The molecular formula is C19H18N2O4S. The number of aromatic nitrogens is 2. The molecule has 2 heterocycles. The van der Waals surface area contributed by atoms with Gasteiger partial charge in [-0.1, -0.05) is 0 Å². The predicted molar refractivity (Wildman–Crippen MR) is 99.1 cm³/mol. The van der Waals surface area contributed by atoms with Crippen LogP contribution in [0.5, 0.6) is 11.5 Å². The Hall–Kier alpha value is -2.93. The van der Waals surface area contributed by atoms with Gasteiger partial charge in [0.05, 0.1) is 7.11 Å². The fraction of sp³-hybridized carbons (Fsp3) is 0.211. The van der Waals surface area contributed by atoms with Gasteiger partial charge in [0.25, 0.3) is 0 Å². The van der Waals surface area contributed by atoms with E-state index in [9.17, 15) is 9.59 Å². The molecule has 0 spiro atoms. The van der Waals surface area contributed by atoms with E-state index in [-0.39, 0.29) is 12.4 Å². The van der Waals surface area contributed by atoms with E-state index >= 15 is 0 Å². The third kappa shape index (κ3) is 3.39. The Bertz CT molecular complexity index is 945. The highest BCUT2D eigenvalue weighted by atomic mass is 32.1. The molecule has 7 heteroatoms. The summed E-state index contributed by atoms with van der Waals surface area (Å²) in [5, 5.41) is 2.72. The van der Waals surface area contributed by atoms with E-state index in [1.807, 2.05) is 29.9 Å². The molecular weight excluding hydrogens is 352 g/mol. The highest BCUT2D eigenvalue weighted by Gasteiger charge is 2.18. The number of benzene rings is 1. The van der Waals surface area contributed by atoms with Gasteiger partial charge >= 0.3 is 0 Å². The number of hydrogen-bond acceptors (Lipinski definition) is 6. The van der Waals surface area contributed by atoms with E-state index in [1.54, 1.807) is 24.4 Å². The number of Topliss-reactive ketones (excluding diaryl/α,β-unsaturated/α-hetero) is 1. The Morgan fingerprint density at radius 3 is 2.73 bits per heavy atom. The molecule has 3 aromatic rings. The van der Waals surface area contributed by atoms with Crippen LogP contribution < -0.4 is 9.47 Å². The van der Waals surface area contributed by atoms with Crippen molar-refractivity contribution in [3.63, 3.8) is 0 Å². The molecule has 0 bridgehead atoms. The number of nitrogens with zero attached hydrogens (tertiary/aromatic N) is 2. The van der Waals surface area contributed by atoms with Crippen molar-refractivity contribution in [2.45, 2.75) is 13.8 Å². The number of methoxy groups -OCH3 is 1. The maximum absolute atomic E-state index is 12.6. The number of carbonyl (C=O) groups is 2. The predicted octanol–water partition coefficient (Wildman–Crippen LogP) is 3.63. The molecule has 6 nitrogen and oxygen atoms in total. The summed E-state index contributed by atoms with van der Waals surface area (Å²) in [5.74, 6) is 0.693. The highest BCUT2D eigenvalue weighted by Crippen LogP contribution is 2.28. The van der Waals surface area contributed by atoms with Crippen molar-refractivity contribution in [3.05, 3.63) is 58.4 Å². The van der Waals surface area contributed by atoms with Crippen molar-refractivity contribution in [2.75, 3.05) is 13.7 Å². The van der Waals surface area contributed by atoms with Crippen LogP contribution in [-0.4, -0.2) is 35.3 Å². The molecule has 0 saturated carbocycles. The monoisotopic (exact) mass is 370 g/mol.